The van der Waals surface area contributed by atoms with Crippen LogP contribution in [0.4, 0.5) is 0 Å². The van der Waals surface area contributed by atoms with Gasteiger partial charge in [0.1, 0.15) is 0 Å². The van der Waals surface area contributed by atoms with Gasteiger partial charge in [-0.05, 0) is 63.2 Å². The van der Waals surface area contributed by atoms with Crippen LogP contribution >= 0.6 is 0 Å². The quantitative estimate of drug-likeness (QED) is 0.555. The summed E-state index contributed by atoms with van der Waals surface area (Å²) in [6.07, 6.45) is 14.1. The largest absolute Gasteiger partial charge is 0.339 e. The van der Waals surface area contributed by atoms with Gasteiger partial charge in [0.05, 0.1) is 0 Å². The molecule has 16 heavy (non-hydrogen) atoms. The predicted molar refractivity (Wildman–Crippen MR) is 69.9 cm³/mol. The Hall–Kier alpha value is -0.300. The molecule has 0 heterocycles. The van der Waals surface area contributed by atoms with Gasteiger partial charge in [-0.15, -0.1) is 5.57 Å². The average molecular weight is 220 g/mol. The van der Waals surface area contributed by atoms with Crippen molar-refractivity contribution in [3.63, 3.8) is 0 Å². The molecule has 1 nitrogen and oxygen atoms in total. The third-order valence-corrected chi connectivity index (χ3v) is 4.61. The van der Waals surface area contributed by atoms with Crippen LogP contribution in [0.5, 0.6) is 0 Å². The first kappa shape index (κ1) is 12.2. The van der Waals surface area contributed by atoms with Gasteiger partial charge in [0.15, 0.2) is 0 Å². The van der Waals surface area contributed by atoms with Crippen LogP contribution in [-0.2, 0) is 0 Å². The summed E-state index contributed by atoms with van der Waals surface area (Å²) in [5.41, 5.74) is 7.57. The maximum absolute atomic E-state index is 5.98. The normalized spacial score (nSPS) is 36.6. The first-order chi connectivity index (χ1) is 7.79. The first-order valence-electron chi connectivity index (χ1n) is 7.02. The van der Waals surface area contributed by atoms with E-state index in [0.717, 1.165) is 18.3 Å². The molecular weight excluding hydrogens is 194 g/mol. The van der Waals surface area contributed by atoms with Crippen molar-refractivity contribution in [2.45, 2.75) is 63.8 Å². The standard InChI is InChI=1S/C15H26N/c1-2-12-4-3-5-13(7-6-12)14-8-10-15(16)11-9-14/h4,13-15H,1-3,5-11,16H2/q-1. The molecule has 1 fully saturated rings. The van der Waals surface area contributed by atoms with Crippen molar-refractivity contribution in [2.24, 2.45) is 17.6 Å². The highest BCUT2D eigenvalue weighted by Gasteiger charge is 2.26. The molecule has 1 saturated carbocycles. The molecule has 0 aromatic carbocycles. The van der Waals surface area contributed by atoms with Crippen molar-refractivity contribution in [1.29, 1.82) is 0 Å². The van der Waals surface area contributed by atoms with Crippen LogP contribution in [0.25, 0.3) is 0 Å². The number of hydrogen-bond acceptors (Lipinski definition) is 1. The van der Waals surface area contributed by atoms with E-state index < -0.39 is 0 Å². The third kappa shape index (κ3) is 3.10. The Labute approximate surface area is 100 Å². The summed E-state index contributed by atoms with van der Waals surface area (Å²) in [5.74, 6) is 1.94. The minimum absolute atomic E-state index is 0.496. The van der Waals surface area contributed by atoms with Gasteiger partial charge in [0, 0.05) is 6.04 Å². The zero-order valence-corrected chi connectivity index (χ0v) is 10.5. The molecule has 0 bridgehead atoms. The Kier molecular flexibility index (Phi) is 4.45. The van der Waals surface area contributed by atoms with Crippen LogP contribution < -0.4 is 5.73 Å². The Bertz CT molecular complexity index is 236. The molecule has 92 valence electrons. The highest BCUT2D eigenvalue weighted by molar-refractivity contribution is 5.05. The second kappa shape index (κ2) is 5.86. The summed E-state index contributed by atoms with van der Waals surface area (Å²) in [5, 5.41) is 0. The molecule has 0 radical (unpaired) electrons. The first-order valence-corrected chi connectivity index (χ1v) is 7.02. The number of nitrogens with two attached hydrogens (primary N) is 1. The fourth-order valence-corrected chi connectivity index (χ4v) is 3.43. The van der Waals surface area contributed by atoms with Crippen molar-refractivity contribution in [3.8, 4) is 0 Å². The summed E-state index contributed by atoms with van der Waals surface area (Å²) in [7, 11) is 0. The molecular formula is C15H26N-. The van der Waals surface area contributed by atoms with Gasteiger partial charge in [0.25, 0.3) is 0 Å². The molecule has 2 aliphatic rings. The van der Waals surface area contributed by atoms with Crippen LogP contribution in [0.3, 0.4) is 0 Å². The van der Waals surface area contributed by atoms with Crippen LogP contribution in [0.1, 0.15) is 57.8 Å². The van der Waals surface area contributed by atoms with Crippen LogP contribution in [0, 0.1) is 18.8 Å². The van der Waals surface area contributed by atoms with Crippen molar-refractivity contribution in [2.75, 3.05) is 0 Å². The summed E-state index contributed by atoms with van der Waals surface area (Å²) >= 11 is 0. The van der Waals surface area contributed by atoms with E-state index in [1.54, 1.807) is 5.57 Å². The molecule has 2 aliphatic carbocycles. The fourth-order valence-electron chi connectivity index (χ4n) is 3.43. The highest BCUT2D eigenvalue weighted by Crippen LogP contribution is 2.37. The second-order valence-electron chi connectivity index (χ2n) is 5.66. The highest BCUT2D eigenvalue weighted by atomic mass is 14.6. The fraction of sp³-hybridized carbons (Fsp3) is 0.800. The molecule has 1 heteroatoms. The van der Waals surface area contributed by atoms with E-state index in [2.05, 4.69) is 13.0 Å². The maximum Gasteiger partial charge on any atom is 0.00390 e. The lowest BCUT2D eigenvalue weighted by atomic mass is 9.75. The smallest absolute Gasteiger partial charge is 0.00390 e. The summed E-state index contributed by atoms with van der Waals surface area (Å²) in [6.45, 7) is 4.01. The van der Waals surface area contributed by atoms with E-state index >= 15 is 0 Å². The van der Waals surface area contributed by atoms with Crippen LogP contribution in [0.15, 0.2) is 11.6 Å². The molecule has 0 amide bonds. The lowest BCUT2D eigenvalue weighted by molar-refractivity contribution is 0.215. The SMILES string of the molecule is [CH2-]CC1=CCCC(C2CCC(N)CC2)CC1. The number of rotatable bonds is 2. The Morgan fingerprint density at radius 1 is 1.06 bits per heavy atom. The topological polar surface area (TPSA) is 26.0 Å². The van der Waals surface area contributed by atoms with Gasteiger partial charge >= 0.3 is 0 Å². The van der Waals surface area contributed by atoms with Gasteiger partial charge < -0.3 is 12.7 Å². The van der Waals surface area contributed by atoms with E-state index in [4.69, 9.17) is 5.73 Å². The average Bonchev–Trinajstić information content (AvgIpc) is 2.55. The monoisotopic (exact) mass is 220 g/mol. The second-order valence-corrected chi connectivity index (χ2v) is 5.66. The van der Waals surface area contributed by atoms with Crippen molar-refractivity contribution < 1.29 is 0 Å². The summed E-state index contributed by atoms with van der Waals surface area (Å²) in [4.78, 5) is 0. The zero-order chi connectivity index (χ0) is 11.4. The third-order valence-electron chi connectivity index (χ3n) is 4.61. The Morgan fingerprint density at radius 3 is 2.44 bits per heavy atom. The Morgan fingerprint density at radius 2 is 1.75 bits per heavy atom. The molecule has 0 aromatic rings. The van der Waals surface area contributed by atoms with Crippen molar-refractivity contribution >= 4 is 0 Å². The zero-order valence-electron chi connectivity index (χ0n) is 10.5. The van der Waals surface area contributed by atoms with Gasteiger partial charge in [-0.3, -0.25) is 0 Å². The molecule has 1 atom stereocenters. The molecule has 0 spiro atoms. The van der Waals surface area contributed by atoms with E-state index in [-0.39, 0.29) is 0 Å². The minimum atomic E-state index is 0.496. The predicted octanol–water partition coefficient (Wildman–Crippen LogP) is 3.84. The summed E-state index contributed by atoms with van der Waals surface area (Å²) < 4.78 is 0. The maximum atomic E-state index is 5.98. The van der Waals surface area contributed by atoms with Gasteiger partial charge in [0.2, 0.25) is 0 Å². The molecule has 2 N–H and O–H groups in total. The summed E-state index contributed by atoms with van der Waals surface area (Å²) in [6, 6.07) is 0.496. The van der Waals surface area contributed by atoms with E-state index in [1.165, 1.54) is 51.4 Å². The van der Waals surface area contributed by atoms with Crippen LogP contribution in [0.2, 0.25) is 0 Å². The van der Waals surface area contributed by atoms with E-state index in [9.17, 15) is 0 Å². The number of hydrogen-bond donors (Lipinski definition) is 1. The molecule has 1 unspecified atom stereocenters. The lowest BCUT2D eigenvalue weighted by Gasteiger charge is -2.32. The van der Waals surface area contributed by atoms with Crippen molar-refractivity contribution in [3.05, 3.63) is 18.6 Å². The minimum Gasteiger partial charge on any atom is -0.339 e. The van der Waals surface area contributed by atoms with Gasteiger partial charge in [-0.25, -0.2) is 0 Å². The Balaban J connectivity index is 1.83. The van der Waals surface area contributed by atoms with Crippen LogP contribution in [-0.4, -0.2) is 6.04 Å². The molecule has 2 rings (SSSR count). The van der Waals surface area contributed by atoms with E-state index in [1.807, 2.05) is 0 Å². The van der Waals surface area contributed by atoms with Crippen molar-refractivity contribution in [1.82, 2.24) is 0 Å². The molecule has 0 aliphatic heterocycles. The van der Waals surface area contributed by atoms with E-state index in [0.29, 0.717) is 6.04 Å². The number of allylic oxidation sites excluding steroid dienone is 2. The van der Waals surface area contributed by atoms with Gasteiger partial charge in [-0.2, -0.15) is 6.42 Å². The lowest BCUT2D eigenvalue weighted by Crippen LogP contribution is -2.29. The molecule has 0 saturated heterocycles. The van der Waals surface area contributed by atoms with Gasteiger partial charge in [-0.1, -0.05) is 6.08 Å². The molecule has 0 aromatic heterocycles.